The minimum atomic E-state index is -4.88. The lowest BCUT2D eigenvalue weighted by Gasteiger charge is -2.12. The molecule has 20 heavy (non-hydrogen) atoms. The second-order valence-corrected chi connectivity index (χ2v) is 5.90. The Balaban J connectivity index is 2.42. The summed E-state index contributed by atoms with van der Waals surface area (Å²) >= 11 is 12.5. The maximum Gasteiger partial charge on any atom is 0.573 e. The van der Waals surface area contributed by atoms with Crippen LogP contribution in [0.15, 0.2) is 30.3 Å². The molecule has 0 aliphatic carbocycles. The summed E-state index contributed by atoms with van der Waals surface area (Å²) in [6, 6.07) is 6.35. The van der Waals surface area contributed by atoms with Crippen molar-refractivity contribution in [3.63, 3.8) is 0 Å². The molecule has 0 saturated carbocycles. The van der Waals surface area contributed by atoms with Gasteiger partial charge in [-0.1, -0.05) is 35.3 Å². The summed E-state index contributed by atoms with van der Waals surface area (Å²) in [6.45, 7) is 0. The first-order valence-electron chi connectivity index (χ1n) is 5.12. The van der Waals surface area contributed by atoms with E-state index in [-0.39, 0.29) is 19.8 Å². The largest absolute Gasteiger partial charge is 0.573 e. The highest BCUT2D eigenvalue weighted by atomic mass is 35.5. The van der Waals surface area contributed by atoms with Gasteiger partial charge >= 0.3 is 6.36 Å². The van der Waals surface area contributed by atoms with Gasteiger partial charge in [0.15, 0.2) is 5.78 Å². The average Bonchev–Trinajstić information content (AvgIpc) is 2.66. The summed E-state index contributed by atoms with van der Waals surface area (Å²) < 4.78 is 41.1. The minimum absolute atomic E-state index is 0.0416. The van der Waals surface area contributed by atoms with E-state index in [2.05, 4.69) is 4.74 Å². The predicted octanol–water partition coefficient (Wildman–Crippen LogP) is 5.18. The Hall–Kier alpha value is -1.24. The van der Waals surface area contributed by atoms with Gasteiger partial charge in [-0.05, 0) is 18.2 Å². The molecule has 2 rings (SSSR count). The van der Waals surface area contributed by atoms with Crippen LogP contribution in [-0.4, -0.2) is 12.1 Å². The van der Waals surface area contributed by atoms with Crippen LogP contribution in [0.1, 0.15) is 15.9 Å². The highest BCUT2D eigenvalue weighted by Crippen LogP contribution is 2.35. The fraction of sp³-hybridized carbons (Fsp3) is 0.0833. The van der Waals surface area contributed by atoms with Gasteiger partial charge in [0.05, 0.1) is 15.5 Å². The lowest BCUT2D eigenvalue weighted by Crippen LogP contribution is -2.19. The van der Waals surface area contributed by atoms with Gasteiger partial charge in [-0.3, -0.25) is 4.79 Å². The van der Waals surface area contributed by atoms with E-state index in [1.807, 2.05) is 0 Å². The number of hydrogen-bond acceptors (Lipinski definition) is 3. The van der Waals surface area contributed by atoms with Gasteiger partial charge in [0, 0.05) is 0 Å². The number of carbonyl (C=O) groups excluding carboxylic acids is 1. The third-order valence-corrected chi connectivity index (χ3v) is 3.75. The van der Waals surface area contributed by atoms with Crippen LogP contribution < -0.4 is 4.74 Å². The number of halogens is 5. The van der Waals surface area contributed by atoms with E-state index in [0.717, 1.165) is 17.4 Å². The monoisotopic (exact) mass is 340 g/mol. The van der Waals surface area contributed by atoms with Crippen molar-refractivity contribution in [1.82, 2.24) is 0 Å². The highest BCUT2D eigenvalue weighted by Gasteiger charge is 2.33. The Morgan fingerprint density at radius 2 is 1.80 bits per heavy atom. The van der Waals surface area contributed by atoms with Crippen LogP contribution >= 0.6 is 34.5 Å². The van der Waals surface area contributed by atoms with Gasteiger partial charge in [0.25, 0.3) is 0 Å². The molecule has 0 bridgehead atoms. The maximum atomic E-state index is 12.3. The molecule has 1 aromatic carbocycles. The van der Waals surface area contributed by atoms with Crippen molar-refractivity contribution in [1.29, 1.82) is 0 Å². The number of hydrogen-bond donors (Lipinski definition) is 0. The van der Waals surface area contributed by atoms with Crippen molar-refractivity contribution >= 4 is 40.3 Å². The molecule has 0 radical (unpaired) electrons. The summed E-state index contributed by atoms with van der Waals surface area (Å²) in [5.41, 5.74) is -0.193. The summed E-state index contributed by atoms with van der Waals surface area (Å²) in [6.07, 6.45) is -4.88. The third-order valence-electron chi connectivity index (χ3n) is 2.26. The number of benzene rings is 1. The molecule has 1 heterocycles. The molecule has 0 atom stereocenters. The molecule has 106 valence electrons. The molecule has 0 aliphatic rings. The van der Waals surface area contributed by atoms with Gasteiger partial charge in [0.1, 0.15) is 10.1 Å². The molecule has 0 amide bonds. The number of thiophene rings is 1. The number of rotatable bonds is 3. The molecule has 0 spiro atoms. The van der Waals surface area contributed by atoms with Crippen LogP contribution in [0.4, 0.5) is 13.2 Å². The first-order chi connectivity index (χ1) is 9.28. The number of para-hydroxylation sites is 1. The smallest absolute Gasteiger partial charge is 0.405 e. The standard InChI is InChI=1S/C12H5Cl2F3O2S/c13-9-5-7(11(14)20-9)10(18)6-3-1-2-4-8(6)19-12(15,16)17/h1-5H. The van der Waals surface area contributed by atoms with Gasteiger partial charge in [-0.2, -0.15) is 0 Å². The number of ketones is 1. The van der Waals surface area contributed by atoms with Crippen LogP contribution in [0.25, 0.3) is 0 Å². The normalized spacial score (nSPS) is 11.4. The van der Waals surface area contributed by atoms with Crippen LogP contribution in [0, 0.1) is 0 Å². The summed E-state index contributed by atoms with van der Waals surface area (Å²) in [5, 5.41) is 0. The third kappa shape index (κ3) is 3.45. The number of ether oxygens (including phenoxy) is 1. The van der Waals surface area contributed by atoms with Crippen molar-refractivity contribution in [2.24, 2.45) is 0 Å². The maximum absolute atomic E-state index is 12.3. The molecule has 0 saturated heterocycles. The predicted molar refractivity (Wildman–Crippen MR) is 70.9 cm³/mol. The fourth-order valence-corrected chi connectivity index (χ4v) is 2.97. The van der Waals surface area contributed by atoms with E-state index in [1.54, 1.807) is 0 Å². The van der Waals surface area contributed by atoms with E-state index in [0.29, 0.717) is 0 Å². The quantitative estimate of drug-likeness (QED) is 0.719. The molecule has 8 heteroatoms. The van der Waals surface area contributed by atoms with Crippen LogP contribution in [0.5, 0.6) is 5.75 Å². The highest BCUT2D eigenvalue weighted by molar-refractivity contribution is 7.20. The van der Waals surface area contributed by atoms with Gasteiger partial charge in [0.2, 0.25) is 0 Å². The molecule has 0 fully saturated rings. The Morgan fingerprint density at radius 3 is 2.35 bits per heavy atom. The van der Waals surface area contributed by atoms with E-state index >= 15 is 0 Å². The Morgan fingerprint density at radius 1 is 1.15 bits per heavy atom. The van der Waals surface area contributed by atoms with Crippen molar-refractivity contribution < 1.29 is 22.7 Å². The van der Waals surface area contributed by atoms with Gasteiger partial charge < -0.3 is 4.74 Å². The molecule has 2 nitrogen and oxygen atoms in total. The second-order valence-electron chi connectivity index (χ2n) is 3.61. The summed E-state index contributed by atoms with van der Waals surface area (Å²) in [7, 11) is 0. The zero-order chi connectivity index (χ0) is 14.9. The fourth-order valence-electron chi connectivity index (χ4n) is 1.51. The van der Waals surface area contributed by atoms with Crippen molar-refractivity contribution in [3.8, 4) is 5.75 Å². The minimum Gasteiger partial charge on any atom is -0.405 e. The molecule has 0 N–H and O–H groups in total. The molecule has 1 aromatic heterocycles. The lowest BCUT2D eigenvalue weighted by molar-refractivity contribution is -0.274. The lowest BCUT2D eigenvalue weighted by atomic mass is 10.1. The van der Waals surface area contributed by atoms with Crippen molar-refractivity contribution in [2.45, 2.75) is 6.36 Å². The van der Waals surface area contributed by atoms with Gasteiger partial charge in [-0.25, -0.2) is 0 Å². The zero-order valence-corrected chi connectivity index (χ0v) is 11.8. The Bertz CT molecular complexity index is 652. The Labute approximate surface area is 125 Å². The summed E-state index contributed by atoms with van der Waals surface area (Å²) in [4.78, 5) is 12.2. The van der Waals surface area contributed by atoms with Crippen LogP contribution in [0.2, 0.25) is 8.67 Å². The summed E-state index contributed by atoms with van der Waals surface area (Å²) in [5.74, 6) is -1.26. The topological polar surface area (TPSA) is 26.3 Å². The van der Waals surface area contributed by atoms with E-state index in [4.69, 9.17) is 23.2 Å². The first-order valence-corrected chi connectivity index (χ1v) is 6.69. The molecular weight excluding hydrogens is 336 g/mol. The Kier molecular flexibility index (Phi) is 4.27. The molecule has 0 aliphatic heterocycles. The first kappa shape index (κ1) is 15.2. The number of carbonyl (C=O) groups is 1. The van der Waals surface area contributed by atoms with Crippen molar-refractivity contribution in [3.05, 3.63) is 50.1 Å². The number of alkyl halides is 3. The molecule has 2 aromatic rings. The molecular formula is C12H5Cl2F3O2S. The zero-order valence-electron chi connectivity index (χ0n) is 9.50. The van der Waals surface area contributed by atoms with Crippen LogP contribution in [0.3, 0.4) is 0 Å². The molecule has 0 unspecified atom stereocenters. The van der Waals surface area contributed by atoms with Crippen LogP contribution in [-0.2, 0) is 0 Å². The van der Waals surface area contributed by atoms with E-state index < -0.39 is 17.9 Å². The second kappa shape index (κ2) is 5.63. The van der Waals surface area contributed by atoms with Crippen molar-refractivity contribution in [2.75, 3.05) is 0 Å². The van der Waals surface area contributed by atoms with Gasteiger partial charge in [-0.15, -0.1) is 24.5 Å². The SMILES string of the molecule is O=C(c1ccccc1OC(F)(F)F)c1cc(Cl)sc1Cl. The average molecular weight is 341 g/mol. The van der Waals surface area contributed by atoms with E-state index in [1.165, 1.54) is 24.3 Å². The van der Waals surface area contributed by atoms with E-state index in [9.17, 15) is 18.0 Å².